The van der Waals surface area contributed by atoms with Crippen LogP contribution in [0, 0.1) is 0 Å². The number of carbonyl (C=O) groups excluding carboxylic acids is 2. The number of hydrogen-bond acceptors (Lipinski definition) is 6. The summed E-state index contributed by atoms with van der Waals surface area (Å²) in [4.78, 5) is 24.4. The van der Waals surface area contributed by atoms with Gasteiger partial charge in [0.15, 0.2) is 0 Å². The molecule has 0 bridgehead atoms. The van der Waals surface area contributed by atoms with Crippen LogP contribution >= 0.6 is 0 Å². The number of hydrazone groups is 1. The lowest BCUT2D eigenvalue weighted by atomic mass is 10.1. The van der Waals surface area contributed by atoms with E-state index in [1.807, 2.05) is 0 Å². The van der Waals surface area contributed by atoms with Crippen LogP contribution in [0.25, 0.3) is 0 Å². The molecule has 0 radical (unpaired) electrons. The number of nitrogens with zero attached hydrogens (tertiary/aromatic N) is 2. The van der Waals surface area contributed by atoms with Gasteiger partial charge < -0.3 is 14.9 Å². The predicted octanol–water partition coefficient (Wildman–Crippen LogP) is 0.866. The molecule has 7 nitrogen and oxygen atoms in total. The Morgan fingerprint density at radius 3 is 2.71 bits per heavy atom. The molecule has 0 aliphatic carbocycles. The summed E-state index contributed by atoms with van der Waals surface area (Å²) in [5, 5.41) is 24.8. The van der Waals surface area contributed by atoms with Crippen LogP contribution in [0.5, 0.6) is 5.75 Å². The smallest absolute Gasteiger partial charge is 0.362 e. The van der Waals surface area contributed by atoms with Gasteiger partial charge in [-0.2, -0.15) is 10.1 Å². The molecule has 0 aromatic heterocycles. The average molecular weight is 292 g/mol. The fraction of sp³-hybridized carbons (Fsp3) is 0.357. The SMILES string of the molecule is CCOC(=O)[C@@]1(O)CC(C)=NN1C(=O)c1ccccc1O. The van der Waals surface area contributed by atoms with E-state index in [1.165, 1.54) is 12.1 Å². The highest BCUT2D eigenvalue weighted by Gasteiger charge is 2.51. The molecule has 7 heteroatoms. The lowest BCUT2D eigenvalue weighted by molar-refractivity contribution is -0.179. The second-order valence-corrected chi connectivity index (χ2v) is 4.68. The van der Waals surface area contributed by atoms with Crippen LogP contribution in [0.2, 0.25) is 0 Å². The Morgan fingerprint density at radius 1 is 1.43 bits per heavy atom. The second kappa shape index (κ2) is 5.53. The summed E-state index contributed by atoms with van der Waals surface area (Å²) in [6, 6.07) is 5.83. The molecule has 21 heavy (non-hydrogen) atoms. The van der Waals surface area contributed by atoms with Crippen LogP contribution in [-0.2, 0) is 9.53 Å². The number of aliphatic hydroxyl groups is 1. The molecular weight excluding hydrogens is 276 g/mol. The van der Waals surface area contributed by atoms with Crippen LogP contribution in [0.4, 0.5) is 0 Å². The molecule has 1 heterocycles. The molecule has 0 fully saturated rings. The zero-order valence-corrected chi connectivity index (χ0v) is 11.7. The quantitative estimate of drug-likeness (QED) is 0.805. The predicted molar refractivity (Wildman–Crippen MR) is 73.6 cm³/mol. The van der Waals surface area contributed by atoms with Crippen molar-refractivity contribution in [2.45, 2.75) is 26.0 Å². The first kappa shape index (κ1) is 15.0. The van der Waals surface area contributed by atoms with Crippen molar-refractivity contribution in [3.8, 4) is 5.75 Å². The Bertz CT molecular complexity index is 613. The van der Waals surface area contributed by atoms with Gasteiger partial charge in [-0.3, -0.25) is 4.79 Å². The van der Waals surface area contributed by atoms with Gasteiger partial charge in [0, 0.05) is 12.1 Å². The summed E-state index contributed by atoms with van der Waals surface area (Å²) < 4.78 is 4.81. The molecule has 1 aliphatic heterocycles. The number of benzene rings is 1. The molecule has 0 saturated carbocycles. The van der Waals surface area contributed by atoms with Crippen LogP contribution in [0.1, 0.15) is 30.6 Å². The lowest BCUT2D eigenvalue weighted by Crippen LogP contribution is -2.53. The van der Waals surface area contributed by atoms with Gasteiger partial charge in [-0.25, -0.2) is 4.79 Å². The number of amides is 1. The highest BCUT2D eigenvalue weighted by Crippen LogP contribution is 2.30. The van der Waals surface area contributed by atoms with Crippen molar-refractivity contribution in [1.82, 2.24) is 5.01 Å². The summed E-state index contributed by atoms with van der Waals surface area (Å²) in [5.41, 5.74) is -1.83. The average Bonchev–Trinajstić information content (AvgIpc) is 2.75. The number of esters is 1. The van der Waals surface area contributed by atoms with E-state index in [0.29, 0.717) is 10.7 Å². The van der Waals surface area contributed by atoms with Crippen molar-refractivity contribution in [2.75, 3.05) is 6.61 Å². The molecule has 0 spiro atoms. The maximum Gasteiger partial charge on any atom is 0.362 e. The molecular formula is C14H16N2O5. The molecule has 0 saturated heterocycles. The molecule has 1 aliphatic rings. The Morgan fingerprint density at radius 2 is 2.10 bits per heavy atom. The van der Waals surface area contributed by atoms with E-state index in [4.69, 9.17) is 4.74 Å². The number of para-hydroxylation sites is 1. The largest absolute Gasteiger partial charge is 0.507 e. The van der Waals surface area contributed by atoms with Crippen molar-refractivity contribution < 1.29 is 24.5 Å². The third kappa shape index (κ3) is 2.59. The Kier molecular flexibility index (Phi) is 3.95. The summed E-state index contributed by atoms with van der Waals surface area (Å²) >= 11 is 0. The number of aromatic hydroxyl groups is 1. The summed E-state index contributed by atoms with van der Waals surface area (Å²) in [6.45, 7) is 3.25. The Labute approximate surface area is 121 Å². The third-order valence-corrected chi connectivity index (χ3v) is 3.05. The topological polar surface area (TPSA) is 99.4 Å². The summed E-state index contributed by atoms with van der Waals surface area (Å²) in [5.74, 6) is -1.98. The number of carbonyl (C=O) groups is 2. The van der Waals surface area contributed by atoms with Crippen molar-refractivity contribution in [2.24, 2.45) is 5.10 Å². The minimum atomic E-state index is -2.18. The fourth-order valence-corrected chi connectivity index (χ4v) is 2.11. The fourth-order valence-electron chi connectivity index (χ4n) is 2.11. The normalized spacial score (nSPS) is 21.1. The zero-order chi connectivity index (χ0) is 15.6. The van der Waals surface area contributed by atoms with E-state index in [0.717, 1.165) is 0 Å². The minimum absolute atomic E-state index is 0.0568. The summed E-state index contributed by atoms with van der Waals surface area (Å²) in [7, 11) is 0. The van der Waals surface area contributed by atoms with Gasteiger partial charge in [0.25, 0.3) is 11.6 Å². The van der Waals surface area contributed by atoms with Gasteiger partial charge in [-0.05, 0) is 26.0 Å². The lowest BCUT2D eigenvalue weighted by Gasteiger charge is -2.28. The summed E-state index contributed by atoms with van der Waals surface area (Å²) in [6.07, 6.45) is -0.134. The maximum absolute atomic E-state index is 12.4. The number of phenolic OH excluding ortho intramolecular Hbond substituents is 1. The molecule has 1 aromatic rings. The van der Waals surface area contributed by atoms with Gasteiger partial charge in [-0.1, -0.05) is 12.1 Å². The van der Waals surface area contributed by atoms with Crippen molar-refractivity contribution in [1.29, 1.82) is 0 Å². The van der Waals surface area contributed by atoms with E-state index >= 15 is 0 Å². The van der Waals surface area contributed by atoms with Gasteiger partial charge in [0.1, 0.15) is 5.75 Å². The first-order valence-electron chi connectivity index (χ1n) is 6.46. The molecule has 112 valence electrons. The molecule has 1 amide bonds. The monoisotopic (exact) mass is 292 g/mol. The molecule has 1 aromatic carbocycles. The number of phenols is 1. The second-order valence-electron chi connectivity index (χ2n) is 4.68. The molecule has 2 N–H and O–H groups in total. The maximum atomic E-state index is 12.4. The van der Waals surface area contributed by atoms with E-state index in [-0.39, 0.29) is 24.3 Å². The van der Waals surface area contributed by atoms with Crippen molar-refractivity contribution >= 4 is 17.6 Å². The van der Waals surface area contributed by atoms with Gasteiger partial charge in [0.2, 0.25) is 0 Å². The van der Waals surface area contributed by atoms with E-state index in [1.54, 1.807) is 26.0 Å². The first-order chi connectivity index (χ1) is 9.90. The standard InChI is InChI=1S/C14H16N2O5/c1-3-21-13(19)14(20)8-9(2)15-16(14)12(18)10-6-4-5-7-11(10)17/h4-7,17,20H,3,8H2,1-2H3/t14-/m0/s1. The van der Waals surface area contributed by atoms with Crippen LogP contribution in [0.3, 0.4) is 0 Å². The van der Waals surface area contributed by atoms with Crippen LogP contribution in [0.15, 0.2) is 29.4 Å². The molecule has 1 atom stereocenters. The number of rotatable bonds is 3. The van der Waals surface area contributed by atoms with E-state index in [9.17, 15) is 19.8 Å². The van der Waals surface area contributed by atoms with Gasteiger partial charge in [0.05, 0.1) is 12.2 Å². The third-order valence-electron chi connectivity index (χ3n) is 3.05. The van der Waals surface area contributed by atoms with E-state index < -0.39 is 17.6 Å². The van der Waals surface area contributed by atoms with Gasteiger partial charge in [-0.15, -0.1) is 0 Å². The molecule has 2 rings (SSSR count). The number of hydrogen-bond donors (Lipinski definition) is 2. The highest BCUT2D eigenvalue weighted by molar-refractivity contribution is 6.03. The zero-order valence-electron chi connectivity index (χ0n) is 11.7. The van der Waals surface area contributed by atoms with Gasteiger partial charge >= 0.3 is 5.97 Å². The van der Waals surface area contributed by atoms with Crippen molar-refractivity contribution in [3.05, 3.63) is 29.8 Å². The Hall–Kier alpha value is -2.41. The molecule has 0 unspecified atom stereocenters. The first-order valence-corrected chi connectivity index (χ1v) is 6.46. The minimum Gasteiger partial charge on any atom is -0.507 e. The van der Waals surface area contributed by atoms with E-state index in [2.05, 4.69) is 5.10 Å². The van der Waals surface area contributed by atoms with Crippen LogP contribution in [-0.4, -0.2) is 45.1 Å². The number of ether oxygens (including phenoxy) is 1. The van der Waals surface area contributed by atoms with Crippen LogP contribution < -0.4 is 0 Å². The highest BCUT2D eigenvalue weighted by atomic mass is 16.6. The van der Waals surface area contributed by atoms with Crippen molar-refractivity contribution in [3.63, 3.8) is 0 Å². The Balaban J connectivity index is 2.38.